The van der Waals surface area contributed by atoms with E-state index in [1.165, 1.54) is 12.1 Å². The predicted molar refractivity (Wildman–Crippen MR) is 106 cm³/mol. The van der Waals surface area contributed by atoms with E-state index in [1.807, 2.05) is 27.7 Å². The average Bonchev–Trinajstić information content (AvgIpc) is 2.66. The van der Waals surface area contributed by atoms with E-state index in [-0.39, 0.29) is 17.2 Å². The summed E-state index contributed by atoms with van der Waals surface area (Å²) in [6, 6.07) is 4.29. The number of nitro benzene ring substituents is 1. The highest BCUT2D eigenvalue weighted by atomic mass is 16.6. The molecule has 1 aromatic carbocycles. The van der Waals surface area contributed by atoms with Crippen LogP contribution in [-0.4, -0.2) is 34.9 Å². The second-order valence-electron chi connectivity index (χ2n) is 7.89. The molecule has 0 aliphatic heterocycles. The number of likely N-dealkylation sites (N-methyl/N-ethyl adjacent to an activating group) is 1. The molecule has 1 aliphatic rings. The molecule has 7 heteroatoms. The van der Waals surface area contributed by atoms with Gasteiger partial charge in [-0.15, -0.1) is 0 Å². The van der Waals surface area contributed by atoms with Gasteiger partial charge in [-0.05, 0) is 44.1 Å². The highest BCUT2D eigenvalue weighted by Gasteiger charge is 2.27. The van der Waals surface area contributed by atoms with Crippen LogP contribution in [0.25, 0.3) is 0 Å². The van der Waals surface area contributed by atoms with Gasteiger partial charge in [-0.3, -0.25) is 14.9 Å². The molecule has 1 aromatic rings. The van der Waals surface area contributed by atoms with Gasteiger partial charge in [-0.25, -0.2) is 4.79 Å². The van der Waals surface area contributed by atoms with Crippen LogP contribution in [0.4, 0.5) is 5.69 Å². The maximum atomic E-state index is 12.5. The van der Waals surface area contributed by atoms with Crippen LogP contribution in [0.1, 0.15) is 69.3 Å². The number of hydrogen-bond acceptors (Lipinski definition) is 5. The van der Waals surface area contributed by atoms with Crippen molar-refractivity contribution in [3.8, 4) is 0 Å². The van der Waals surface area contributed by atoms with Crippen molar-refractivity contribution in [1.29, 1.82) is 0 Å². The number of allylic oxidation sites excluding steroid dienone is 2. The van der Waals surface area contributed by atoms with Crippen molar-refractivity contribution in [2.75, 3.05) is 13.2 Å². The van der Waals surface area contributed by atoms with Crippen LogP contribution in [0, 0.1) is 10.1 Å². The molecule has 0 saturated heterocycles. The first-order valence-electron chi connectivity index (χ1n) is 9.60. The number of nitrogens with zero attached hydrogens (tertiary/aromatic N) is 2. The third-order valence-electron chi connectivity index (χ3n) is 4.80. The second kappa shape index (κ2) is 8.99. The molecule has 28 heavy (non-hydrogen) atoms. The fourth-order valence-electron chi connectivity index (χ4n) is 3.34. The first kappa shape index (κ1) is 21.6. The second-order valence-corrected chi connectivity index (χ2v) is 7.89. The summed E-state index contributed by atoms with van der Waals surface area (Å²) in [5.41, 5.74) is 1.01. The van der Waals surface area contributed by atoms with Gasteiger partial charge in [0.15, 0.2) is 6.61 Å². The number of ether oxygens (including phenoxy) is 1. The SMILES string of the molecule is CCN(C(=O)COC(=O)c1ccc(C(C)(C)C)c([N+](=O)[O-])c1)C1=CCCCC1. The van der Waals surface area contributed by atoms with E-state index in [0.29, 0.717) is 12.1 Å². The van der Waals surface area contributed by atoms with E-state index in [2.05, 4.69) is 6.08 Å². The van der Waals surface area contributed by atoms with Gasteiger partial charge in [0.25, 0.3) is 11.6 Å². The Morgan fingerprint density at radius 1 is 1.25 bits per heavy atom. The van der Waals surface area contributed by atoms with Crippen LogP contribution in [0.3, 0.4) is 0 Å². The normalized spacial score (nSPS) is 14.2. The quantitative estimate of drug-likeness (QED) is 0.410. The summed E-state index contributed by atoms with van der Waals surface area (Å²) >= 11 is 0. The van der Waals surface area contributed by atoms with Crippen LogP contribution in [0.5, 0.6) is 0 Å². The van der Waals surface area contributed by atoms with E-state index < -0.39 is 22.9 Å². The Hall–Kier alpha value is -2.70. The zero-order chi connectivity index (χ0) is 20.9. The summed E-state index contributed by atoms with van der Waals surface area (Å²) < 4.78 is 5.14. The summed E-state index contributed by atoms with van der Waals surface area (Å²) in [6.07, 6.45) is 6.00. The average molecular weight is 388 g/mol. The molecule has 0 bridgehead atoms. The topological polar surface area (TPSA) is 89.8 Å². The highest BCUT2D eigenvalue weighted by molar-refractivity contribution is 5.92. The van der Waals surface area contributed by atoms with Crippen LogP contribution >= 0.6 is 0 Å². The number of benzene rings is 1. The van der Waals surface area contributed by atoms with E-state index in [1.54, 1.807) is 11.0 Å². The summed E-state index contributed by atoms with van der Waals surface area (Å²) in [5.74, 6) is -1.03. The number of carbonyl (C=O) groups is 2. The van der Waals surface area contributed by atoms with Gasteiger partial charge in [0.2, 0.25) is 0 Å². The molecule has 0 spiro atoms. The zero-order valence-electron chi connectivity index (χ0n) is 17.0. The lowest BCUT2D eigenvalue weighted by Gasteiger charge is -2.26. The molecular weight excluding hydrogens is 360 g/mol. The van der Waals surface area contributed by atoms with Gasteiger partial charge in [-0.1, -0.05) is 32.9 Å². The zero-order valence-corrected chi connectivity index (χ0v) is 17.0. The number of hydrogen-bond donors (Lipinski definition) is 0. The van der Waals surface area contributed by atoms with Crippen molar-refractivity contribution in [3.05, 3.63) is 51.2 Å². The molecule has 1 amide bonds. The summed E-state index contributed by atoms with van der Waals surface area (Å²) in [4.78, 5) is 37.3. The van der Waals surface area contributed by atoms with E-state index in [9.17, 15) is 19.7 Å². The number of carbonyl (C=O) groups excluding carboxylic acids is 2. The van der Waals surface area contributed by atoms with Crippen LogP contribution in [0.2, 0.25) is 0 Å². The third-order valence-corrected chi connectivity index (χ3v) is 4.80. The molecule has 0 saturated carbocycles. The highest BCUT2D eigenvalue weighted by Crippen LogP contribution is 2.32. The predicted octanol–water partition coefficient (Wildman–Crippen LogP) is 4.36. The molecule has 0 radical (unpaired) electrons. The Kier molecular flexibility index (Phi) is 6.94. The summed E-state index contributed by atoms with van der Waals surface area (Å²) in [5, 5.41) is 11.4. The minimum Gasteiger partial charge on any atom is -0.452 e. The molecule has 0 fully saturated rings. The van der Waals surface area contributed by atoms with Crippen molar-refractivity contribution < 1.29 is 19.2 Å². The number of esters is 1. The molecule has 0 aromatic heterocycles. The van der Waals surface area contributed by atoms with Crippen LogP contribution in [-0.2, 0) is 14.9 Å². The number of amides is 1. The van der Waals surface area contributed by atoms with E-state index >= 15 is 0 Å². The standard InChI is InChI=1S/C21H28N2O5/c1-5-22(16-9-7-6-8-10-16)19(24)14-28-20(25)15-11-12-17(21(2,3)4)18(13-15)23(26)27/h9,11-13H,5-8,10,14H2,1-4H3. The minimum absolute atomic E-state index is 0.0624. The molecule has 2 rings (SSSR count). The van der Waals surface area contributed by atoms with Crippen LogP contribution < -0.4 is 0 Å². The third kappa shape index (κ3) is 5.18. The maximum Gasteiger partial charge on any atom is 0.338 e. The lowest BCUT2D eigenvalue weighted by Crippen LogP contribution is -2.34. The molecule has 0 N–H and O–H groups in total. The monoisotopic (exact) mass is 388 g/mol. The molecule has 7 nitrogen and oxygen atoms in total. The van der Waals surface area contributed by atoms with Crippen molar-refractivity contribution in [2.24, 2.45) is 0 Å². The lowest BCUT2D eigenvalue weighted by molar-refractivity contribution is -0.386. The Morgan fingerprint density at radius 3 is 2.50 bits per heavy atom. The van der Waals surface area contributed by atoms with Crippen molar-refractivity contribution in [1.82, 2.24) is 4.90 Å². The molecule has 0 heterocycles. The van der Waals surface area contributed by atoms with E-state index in [4.69, 9.17) is 4.74 Å². The van der Waals surface area contributed by atoms with Crippen molar-refractivity contribution in [3.63, 3.8) is 0 Å². The Bertz CT molecular complexity index is 792. The van der Waals surface area contributed by atoms with Gasteiger partial charge in [0.05, 0.1) is 10.5 Å². The molecular formula is C21H28N2O5. The van der Waals surface area contributed by atoms with Crippen LogP contribution in [0.15, 0.2) is 30.0 Å². The van der Waals surface area contributed by atoms with Crippen molar-refractivity contribution in [2.45, 2.75) is 58.8 Å². The molecule has 0 unspecified atom stereocenters. The maximum absolute atomic E-state index is 12.5. The molecule has 1 aliphatic carbocycles. The minimum atomic E-state index is -0.745. The number of rotatable bonds is 6. The van der Waals surface area contributed by atoms with Gasteiger partial charge in [-0.2, -0.15) is 0 Å². The Morgan fingerprint density at radius 2 is 1.96 bits per heavy atom. The van der Waals surface area contributed by atoms with Gasteiger partial charge in [0, 0.05) is 23.9 Å². The summed E-state index contributed by atoms with van der Waals surface area (Å²) in [7, 11) is 0. The van der Waals surface area contributed by atoms with Gasteiger partial charge < -0.3 is 9.64 Å². The van der Waals surface area contributed by atoms with Crippen molar-refractivity contribution >= 4 is 17.6 Å². The summed E-state index contributed by atoms with van der Waals surface area (Å²) in [6.45, 7) is 7.60. The molecule has 0 atom stereocenters. The Labute approximate surface area is 165 Å². The fourth-order valence-corrected chi connectivity index (χ4v) is 3.34. The Balaban J connectivity index is 2.10. The number of nitro groups is 1. The smallest absolute Gasteiger partial charge is 0.338 e. The fraction of sp³-hybridized carbons (Fsp3) is 0.524. The van der Waals surface area contributed by atoms with Gasteiger partial charge >= 0.3 is 5.97 Å². The van der Waals surface area contributed by atoms with E-state index in [0.717, 1.165) is 31.4 Å². The first-order valence-corrected chi connectivity index (χ1v) is 9.60. The largest absolute Gasteiger partial charge is 0.452 e. The first-order chi connectivity index (χ1) is 13.1. The van der Waals surface area contributed by atoms with Gasteiger partial charge in [0.1, 0.15) is 0 Å². The molecule has 152 valence electrons. The lowest BCUT2D eigenvalue weighted by atomic mass is 9.85.